The molecule has 2 aliphatic rings. The van der Waals surface area contributed by atoms with Crippen LogP contribution in [-0.4, -0.2) is 23.3 Å². The molecule has 4 atom stereocenters. The van der Waals surface area contributed by atoms with E-state index in [9.17, 15) is 9.90 Å². The quantitative estimate of drug-likeness (QED) is 0.622. The minimum Gasteiger partial charge on any atom is -0.462 e. The second-order valence-corrected chi connectivity index (χ2v) is 6.70. The van der Waals surface area contributed by atoms with Gasteiger partial charge >= 0.3 is 5.97 Å². The van der Waals surface area contributed by atoms with Crippen LogP contribution in [0.4, 0.5) is 0 Å². The summed E-state index contributed by atoms with van der Waals surface area (Å²) in [7, 11) is 0. The van der Waals surface area contributed by atoms with E-state index in [4.69, 9.17) is 4.74 Å². The molecule has 0 aromatic heterocycles. The van der Waals surface area contributed by atoms with Crippen molar-refractivity contribution in [2.24, 2.45) is 11.3 Å². The van der Waals surface area contributed by atoms with Crippen molar-refractivity contribution in [2.45, 2.75) is 65.6 Å². The van der Waals surface area contributed by atoms with Gasteiger partial charge in [-0.05, 0) is 45.1 Å². The van der Waals surface area contributed by atoms with E-state index >= 15 is 0 Å². The van der Waals surface area contributed by atoms with Crippen molar-refractivity contribution in [1.82, 2.24) is 0 Å². The highest BCUT2D eigenvalue weighted by Crippen LogP contribution is 2.53. The Kier molecular flexibility index (Phi) is 4.10. The molecule has 2 rings (SSSR count). The number of hydrogen-bond acceptors (Lipinski definition) is 3. The Balaban J connectivity index is 2.46. The number of hydrogen-bond donors (Lipinski definition) is 1. The lowest BCUT2D eigenvalue weighted by Gasteiger charge is -2.51. The minimum atomic E-state index is -0.482. The SMILES string of the molecule is C=C(C)[C@@H]1C[C@H](OC(C)=O)[C@@]2(C)CCCC(C)=C2[C@@H]1O. The monoisotopic (exact) mass is 278 g/mol. The van der Waals surface area contributed by atoms with E-state index < -0.39 is 6.10 Å². The first-order valence-electron chi connectivity index (χ1n) is 7.48. The highest BCUT2D eigenvalue weighted by atomic mass is 16.5. The van der Waals surface area contributed by atoms with E-state index in [1.807, 2.05) is 6.92 Å². The van der Waals surface area contributed by atoms with Gasteiger partial charge in [0.25, 0.3) is 0 Å². The molecule has 1 N–H and O–H groups in total. The summed E-state index contributed by atoms with van der Waals surface area (Å²) in [5.41, 5.74) is 3.09. The predicted molar refractivity (Wildman–Crippen MR) is 79.1 cm³/mol. The molecular formula is C17H26O3. The number of aliphatic hydroxyl groups is 1. The number of fused-ring (bicyclic) bond motifs is 1. The number of esters is 1. The molecule has 0 heterocycles. The van der Waals surface area contributed by atoms with Gasteiger partial charge in [0.1, 0.15) is 6.10 Å². The van der Waals surface area contributed by atoms with E-state index in [0.29, 0.717) is 6.42 Å². The number of carbonyl (C=O) groups excluding carboxylic acids is 1. The van der Waals surface area contributed by atoms with Crippen molar-refractivity contribution in [3.05, 3.63) is 23.3 Å². The molecule has 1 saturated carbocycles. The summed E-state index contributed by atoms with van der Waals surface area (Å²) in [6, 6.07) is 0. The molecule has 20 heavy (non-hydrogen) atoms. The maximum atomic E-state index is 11.4. The average molecular weight is 278 g/mol. The highest BCUT2D eigenvalue weighted by Gasteiger charge is 2.51. The molecule has 0 bridgehead atoms. The summed E-state index contributed by atoms with van der Waals surface area (Å²) >= 11 is 0. The number of rotatable bonds is 2. The van der Waals surface area contributed by atoms with Crippen molar-refractivity contribution in [1.29, 1.82) is 0 Å². The standard InChI is InChI=1S/C17H26O3/c1-10(2)13-9-14(20-12(4)18)17(5)8-6-7-11(3)15(17)16(13)19/h13-14,16,19H,1,6-9H2,2-5H3/t13-,14-,16+,17+/m0/s1. The summed E-state index contributed by atoms with van der Waals surface area (Å²) in [6.07, 6.45) is 3.12. The minimum absolute atomic E-state index is 0.0181. The Morgan fingerprint density at radius 2 is 2.10 bits per heavy atom. The molecular weight excluding hydrogens is 252 g/mol. The molecule has 3 nitrogen and oxygen atoms in total. The third-order valence-electron chi connectivity index (χ3n) is 5.12. The highest BCUT2D eigenvalue weighted by molar-refractivity contribution is 5.66. The lowest BCUT2D eigenvalue weighted by Crippen LogP contribution is -2.51. The molecule has 1 fully saturated rings. The van der Waals surface area contributed by atoms with Crippen molar-refractivity contribution >= 4 is 5.97 Å². The van der Waals surface area contributed by atoms with Gasteiger partial charge in [0.05, 0.1) is 6.10 Å². The zero-order chi connectivity index (χ0) is 15.1. The van der Waals surface area contributed by atoms with Crippen molar-refractivity contribution in [3.63, 3.8) is 0 Å². The maximum Gasteiger partial charge on any atom is 0.302 e. The molecule has 0 unspecified atom stereocenters. The first-order valence-corrected chi connectivity index (χ1v) is 7.48. The van der Waals surface area contributed by atoms with Gasteiger partial charge < -0.3 is 9.84 Å². The van der Waals surface area contributed by atoms with E-state index in [1.54, 1.807) is 0 Å². The summed E-state index contributed by atoms with van der Waals surface area (Å²) < 4.78 is 5.62. The fourth-order valence-electron chi connectivity index (χ4n) is 4.07. The number of allylic oxidation sites excluding steroid dienone is 1. The molecule has 0 radical (unpaired) electrons. The second-order valence-electron chi connectivity index (χ2n) is 6.70. The molecule has 2 aliphatic carbocycles. The Labute approximate surface area is 121 Å². The van der Waals surface area contributed by atoms with E-state index in [0.717, 1.165) is 30.4 Å². The summed E-state index contributed by atoms with van der Waals surface area (Å²) in [5.74, 6) is -0.258. The lowest BCUT2D eigenvalue weighted by molar-refractivity contribution is -0.157. The molecule has 0 spiro atoms. The van der Waals surface area contributed by atoms with Crippen LogP contribution in [0.25, 0.3) is 0 Å². The molecule has 0 aromatic rings. The lowest BCUT2D eigenvalue weighted by atomic mass is 9.58. The zero-order valence-electron chi connectivity index (χ0n) is 13.0. The van der Waals surface area contributed by atoms with Gasteiger partial charge in [0.15, 0.2) is 0 Å². The van der Waals surface area contributed by atoms with Gasteiger partial charge in [-0.1, -0.05) is 24.6 Å². The summed E-state index contributed by atoms with van der Waals surface area (Å²) in [4.78, 5) is 11.4. The zero-order valence-corrected chi connectivity index (χ0v) is 13.0. The Hall–Kier alpha value is -1.09. The van der Waals surface area contributed by atoms with Crippen LogP contribution in [0.2, 0.25) is 0 Å². The molecule has 0 saturated heterocycles. The topological polar surface area (TPSA) is 46.5 Å². The van der Waals surface area contributed by atoms with Gasteiger partial charge in [0, 0.05) is 18.3 Å². The molecule has 0 aromatic carbocycles. The van der Waals surface area contributed by atoms with Gasteiger partial charge in [-0.2, -0.15) is 0 Å². The predicted octanol–water partition coefficient (Wildman–Crippen LogP) is 3.38. The van der Waals surface area contributed by atoms with E-state index in [2.05, 4.69) is 20.4 Å². The maximum absolute atomic E-state index is 11.4. The normalized spacial score (nSPS) is 37.4. The molecule has 112 valence electrons. The van der Waals surface area contributed by atoms with E-state index in [1.165, 1.54) is 12.5 Å². The second kappa shape index (κ2) is 5.36. The smallest absolute Gasteiger partial charge is 0.302 e. The molecule has 3 heteroatoms. The van der Waals surface area contributed by atoms with Crippen molar-refractivity contribution < 1.29 is 14.6 Å². The average Bonchev–Trinajstić information content (AvgIpc) is 2.31. The van der Waals surface area contributed by atoms with Crippen molar-refractivity contribution in [2.75, 3.05) is 0 Å². The molecule has 0 aliphatic heterocycles. The fourth-order valence-corrected chi connectivity index (χ4v) is 4.07. The van der Waals surface area contributed by atoms with Crippen LogP contribution in [0.15, 0.2) is 23.3 Å². The van der Waals surface area contributed by atoms with Gasteiger partial charge in [0.2, 0.25) is 0 Å². The summed E-state index contributed by atoms with van der Waals surface area (Å²) in [5, 5.41) is 10.8. The number of aliphatic hydroxyl groups excluding tert-OH is 1. The van der Waals surface area contributed by atoms with Crippen molar-refractivity contribution in [3.8, 4) is 0 Å². The number of ether oxygens (including phenoxy) is 1. The van der Waals surface area contributed by atoms with E-state index in [-0.39, 0.29) is 23.4 Å². The van der Waals surface area contributed by atoms with Gasteiger partial charge in [-0.25, -0.2) is 0 Å². The van der Waals surface area contributed by atoms with Crippen LogP contribution in [0, 0.1) is 11.3 Å². The van der Waals surface area contributed by atoms with Crippen LogP contribution in [-0.2, 0) is 9.53 Å². The largest absolute Gasteiger partial charge is 0.462 e. The van der Waals surface area contributed by atoms with Crippen LogP contribution in [0.5, 0.6) is 0 Å². The first-order chi connectivity index (χ1) is 9.27. The van der Waals surface area contributed by atoms with Crippen LogP contribution in [0.1, 0.15) is 53.4 Å². The van der Waals surface area contributed by atoms with Crippen LogP contribution >= 0.6 is 0 Å². The van der Waals surface area contributed by atoms with Crippen LogP contribution in [0.3, 0.4) is 0 Å². The number of carbonyl (C=O) groups is 1. The Morgan fingerprint density at radius 1 is 1.45 bits per heavy atom. The third-order valence-corrected chi connectivity index (χ3v) is 5.12. The van der Waals surface area contributed by atoms with Gasteiger partial charge in [-0.3, -0.25) is 4.79 Å². The Morgan fingerprint density at radius 3 is 2.65 bits per heavy atom. The first kappa shape index (κ1) is 15.3. The third kappa shape index (κ3) is 2.44. The van der Waals surface area contributed by atoms with Crippen LogP contribution < -0.4 is 0 Å². The Bertz CT molecular complexity index is 463. The van der Waals surface area contributed by atoms with Gasteiger partial charge in [-0.15, -0.1) is 0 Å². The fraction of sp³-hybridized carbons (Fsp3) is 0.706. The molecule has 0 amide bonds. The summed E-state index contributed by atoms with van der Waals surface area (Å²) in [6.45, 7) is 11.6.